The highest BCUT2D eigenvalue weighted by molar-refractivity contribution is 6.13. The molecule has 8 heteroatoms. The SMILES string of the molecule is Cc1cccc2nc(CN3C(=O)C(C)N(c4ccc(F)cc4)C3=O)cc(=O)n12. The Morgan fingerprint density at radius 3 is 2.50 bits per heavy atom. The van der Waals surface area contributed by atoms with E-state index in [-0.39, 0.29) is 12.1 Å². The molecular weight excluding hydrogens is 363 g/mol. The van der Waals surface area contributed by atoms with Gasteiger partial charge in [0.2, 0.25) is 0 Å². The Kier molecular flexibility index (Phi) is 4.18. The molecule has 1 fully saturated rings. The molecule has 1 saturated heterocycles. The summed E-state index contributed by atoms with van der Waals surface area (Å²) in [7, 11) is 0. The van der Waals surface area contributed by atoms with Crippen LogP contribution in [0.1, 0.15) is 18.3 Å². The van der Waals surface area contributed by atoms with Gasteiger partial charge in [-0.25, -0.2) is 14.2 Å². The summed E-state index contributed by atoms with van der Waals surface area (Å²) in [6.07, 6.45) is 0. The van der Waals surface area contributed by atoms with E-state index in [1.165, 1.54) is 39.6 Å². The second-order valence-electron chi connectivity index (χ2n) is 6.68. The summed E-state index contributed by atoms with van der Waals surface area (Å²) in [5.41, 5.74) is 1.67. The molecule has 0 saturated carbocycles. The predicted molar refractivity (Wildman–Crippen MR) is 100 cm³/mol. The standard InChI is InChI=1S/C20H17FN4O3/c1-12-4-3-5-17-22-15(10-18(26)24(12)17)11-23-19(27)13(2)25(20(23)28)16-8-6-14(21)7-9-16/h3-10,13H,11H2,1-2H3. The predicted octanol–water partition coefficient (Wildman–Crippen LogP) is 2.50. The number of imide groups is 1. The van der Waals surface area contributed by atoms with Crippen molar-refractivity contribution in [1.82, 2.24) is 14.3 Å². The van der Waals surface area contributed by atoms with Crippen molar-refractivity contribution in [3.63, 3.8) is 0 Å². The van der Waals surface area contributed by atoms with Gasteiger partial charge in [-0.1, -0.05) is 6.07 Å². The van der Waals surface area contributed by atoms with E-state index in [2.05, 4.69) is 4.98 Å². The molecule has 1 atom stereocenters. The number of aryl methyl sites for hydroxylation is 1. The molecule has 0 N–H and O–H groups in total. The fourth-order valence-corrected chi connectivity index (χ4v) is 3.41. The highest BCUT2D eigenvalue weighted by Crippen LogP contribution is 2.26. The van der Waals surface area contributed by atoms with Gasteiger partial charge in [-0.15, -0.1) is 0 Å². The van der Waals surface area contributed by atoms with E-state index >= 15 is 0 Å². The Balaban J connectivity index is 1.67. The van der Waals surface area contributed by atoms with Crippen molar-refractivity contribution in [3.8, 4) is 0 Å². The highest BCUT2D eigenvalue weighted by atomic mass is 19.1. The lowest BCUT2D eigenvalue weighted by Gasteiger charge is -2.19. The van der Waals surface area contributed by atoms with Gasteiger partial charge in [0, 0.05) is 17.4 Å². The monoisotopic (exact) mass is 380 g/mol. The van der Waals surface area contributed by atoms with E-state index in [1.807, 2.05) is 0 Å². The van der Waals surface area contributed by atoms with Crippen LogP contribution in [0.15, 0.2) is 53.3 Å². The molecule has 3 amide bonds. The number of benzene rings is 1. The zero-order chi connectivity index (χ0) is 20.0. The van der Waals surface area contributed by atoms with Crippen LogP contribution in [0.25, 0.3) is 5.65 Å². The third kappa shape index (κ3) is 2.83. The van der Waals surface area contributed by atoms with Crippen molar-refractivity contribution in [2.24, 2.45) is 0 Å². The lowest BCUT2D eigenvalue weighted by molar-refractivity contribution is -0.127. The van der Waals surface area contributed by atoms with Crippen LogP contribution in [0.4, 0.5) is 14.9 Å². The summed E-state index contributed by atoms with van der Waals surface area (Å²) in [5, 5.41) is 0. The number of pyridine rings is 1. The number of aromatic nitrogens is 2. The van der Waals surface area contributed by atoms with Crippen molar-refractivity contribution >= 4 is 23.3 Å². The third-order valence-corrected chi connectivity index (χ3v) is 4.81. The number of rotatable bonds is 3. The molecule has 4 rings (SSSR count). The maximum absolute atomic E-state index is 13.2. The lowest BCUT2D eigenvalue weighted by atomic mass is 10.2. The van der Waals surface area contributed by atoms with Crippen LogP contribution in [-0.4, -0.2) is 32.3 Å². The Bertz CT molecular complexity index is 1160. The van der Waals surface area contributed by atoms with E-state index in [9.17, 15) is 18.8 Å². The fraction of sp³-hybridized carbons (Fsp3) is 0.200. The zero-order valence-electron chi connectivity index (χ0n) is 15.3. The van der Waals surface area contributed by atoms with Crippen LogP contribution < -0.4 is 10.5 Å². The number of amides is 3. The number of halogens is 1. The molecule has 142 valence electrons. The van der Waals surface area contributed by atoms with E-state index in [0.717, 1.165) is 10.6 Å². The minimum Gasteiger partial charge on any atom is -0.282 e. The topological polar surface area (TPSA) is 75.0 Å². The summed E-state index contributed by atoms with van der Waals surface area (Å²) in [6, 6.07) is 10.7. The van der Waals surface area contributed by atoms with Gasteiger partial charge in [0.1, 0.15) is 17.5 Å². The number of fused-ring (bicyclic) bond motifs is 1. The van der Waals surface area contributed by atoms with Gasteiger partial charge in [-0.05, 0) is 50.2 Å². The van der Waals surface area contributed by atoms with E-state index in [1.54, 1.807) is 32.0 Å². The van der Waals surface area contributed by atoms with Gasteiger partial charge in [0.05, 0.1) is 12.2 Å². The minimum atomic E-state index is -0.734. The normalized spacial score (nSPS) is 17.0. The van der Waals surface area contributed by atoms with Gasteiger partial charge in [-0.2, -0.15) is 0 Å². The molecule has 1 aliphatic heterocycles. The molecule has 1 aliphatic rings. The second-order valence-corrected chi connectivity index (χ2v) is 6.68. The second kappa shape index (κ2) is 6.56. The molecule has 3 aromatic rings. The van der Waals surface area contributed by atoms with Crippen molar-refractivity contribution < 1.29 is 14.0 Å². The lowest BCUT2D eigenvalue weighted by Crippen LogP contribution is -2.34. The Morgan fingerprint density at radius 1 is 1.07 bits per heavy atom. The molecule has 28 heavy (non-hydrogen) atoms. The molecule has 0 aliphatic carbocycles. The Morgan fingerprint density at radius 2 is 1.79 bits per heavy atom. The molecule has 0 radical (unpaired) electrons. The molecule has 0 bridgehead atoms. The summed E-state index contributed by atoms with van der Waals surface area (Å²) < 4.78 is 14.6. The molecule has 7 nitrogen and oxygen atoms in total. The van der Waals surface area contributed by atoms with Crippen molar-refractivity contribution in [1.29, 1.82) is 0 Å². The number of anilines is 1. The number of carbonyl (C=O) groups is 2. The molecular formula is C20H17FN4O3. The van der Waals surface area contributed by atoms with Crippen LogP contribution in [0.2, 0.25) is 0 Å². The Hall–Kier alpha value is -3.55. The summed E-state index contributed by atoms with van der Waals surface area (Å²) in [5.74, 6) is -0.831. The highest BCUT2D eigenvalue weighted by Gasteiger charge is 2.43. The van der Waals surface area contributed by atoms with Crippen molar-refractivity contribution in [2.45, 2.75) is 26.4 Å². The van der Waals surface area contributed by atoms with Crippen molar-refractivity contribution in [2.75, 3.05) is 4.90 Å². The maximum atomic E-state index is 13.2. The van der Waals surface area contributed by atoms with Crippen LogP contribution in [-0.2, 0) is 11.3 Å². The zero-order valence-corrected chi connectivity index (χ0v) is 15.3. The van der Waals surface area contributed by atoms with Crippen LogP contribution in [0.5, 0.6) is 0 Å². The van der Waals surface area contributed by atoms with Crippen LogP contribution in [0, 0.1) is 12.7 Å². The molecule has 2 aromatic heterocycles. The average Bonchev–Trinajstić information content (AvgIpc) is 2.86. The first-order valence-corrected chi connectivity index (χ1v) is 8.75. The molecule has 0 spiro atoms. The minimum absolute atomic E-state index is 0.112. The van der Waals surface area contributed by atoms with Crippen LogP contribution in [0.3, 0.4) is 0 Å². The van der Waals surface area contributed by atoms with Gasteiger partial charge < -0.3 is 0 Å². The molecule has 1 aromatic carbocycles. The Labute approximate surface area is 159 Å². The number of urea groups is 1. The first kappa shape index (κ1) is 17.8. The fourth-order valence-electron chi connectivity index (χ4n) is 3.41. The summed E-state index contributed by atoms with van der Waals surface area (Å²) in [4.78, 5) is 44.7. The number of carbonyl (C=O) groups excluding carboxylic acids is 2. The van der Waals surface area contributed by atoms with E-state index in [4.69, 9.17) is 0 Å². The third-order valence-electron chi connectivity index (χ3n) is 4.81. The van der Waals surface area contributed by atoms with Gasteiger partial charge in [0.25, 0.3) is 11.5 Å². The number of nitrogens with zero attached hydrogens (tertiary/aromatic N) is 4. The first-order valence-electron chi connectivity index (χ1n) is 8.75. The van der Waals surface area contributed by atoms with Gasteiger partial charge in [-0.3, -0.25) is 23.8 Å². The summed E-state index contributed by atoms with van der Waals surface area (Å²) in [6.45, 7) is 3.29. The quantitative estimate of drug-likeness (QED) is 0.655. The largest absolute Gasteiger partial charge is 0.332 e. The molecule has 1 unspecified atom stereocenters. The summed E-state index contributed by atoms with van der Waals surface area (Å²) >= 11 is 0. The van der Waals surface area contributed by atoms with Gasteiger partial charge >= 0.3 is 6.03 Å². The number of hydrogen-bond acceptors (Lipinski definition) is 4. The molecule has 3 heterocycles. The van der Waals surface area contributed by atoms with Gasteiger partial charge in [0.15, 0.2) is 0 Å². The smallest absolute Gasteiger partial charge is 0.282 e. The number of hydrogen-bond donors (Lipinski definition) is 0. The first-order chi connectivity index (χ1) is 13.4. The van der Waals surface area contributed by atoms with E-state index < -0.39 is 23.8 Å². The average molecular weight is 380 g/mol. The maximum Gasteiger partial charge on any atom is 0.332 e. The van der Waals surface area contributed by atoms with E-state index in [0.29, 0.717) is 17.0 Å². The van der Waals surface area contributed by atoms with Crippen molar-refractivity contribution in [3.05, 3.63) is 76.1 Å². The van der Waals surface area contributed by atoms with Crippen LogP contribution >= 0.6 is 0 Å².